The zero-order valence-corrected chi connectivity index (χ0v) is 29.0. The summed E-state index contributed by atoms with van der Waals surface area (Å²) in [5.74, 6) is 4.70. The van der Waals surface area contributed by atoms with Crippen molar-refractivity contribution in [2.75, 3.05) is 50.8 Å². The second-order valence-electron chi connectivity index (χ2n) is 15.2. The van der Waals surface area contributed by atoms with Crippen LogP contribution in [0.2, 0.25) is 0 Å². The van der Waals surface area contributed by atoms with Gasteiger partial charge in [-0.3, -0.25) is 4.90 Å². The molecule has 5 aliphatic rings. The molecule has 0 N–H and O–H groups in total. The Labute approximate surface area is 294 Å². The summed E-state index contributed by atoms with van der Waals surface area (Å²) in [4.78, 5) is 8.64. The molecule has 3 heterocycles. The molecule has 2 saturated heterocycles. The van der Waals surface area contributed by atoms with Crippen LogP contribution in [0.1, 0.15) is 92.2 Å². The van der Waals surface area contributed by atoms with Crippen LogP contribution in [0.3, 0.4) is 0 Å². The highest BCUT2D eigenvalue weighted by Crippen LogP contribution is 2.55. The molecule has 6 unspecified atom stereocenters. The number of fused-ring (bicyclic) bond motifs is 5. The van der Waals surface area contributed by atoms with Crippen LogP contribution in [0.4, 0.5) is 18.9 Å². The molecule has 0 spiro atoms. The van der Waals surface area contributed by atoms with E-state index in [1.807, 2.05) is 0 Å². The number of pyridine rings is 1. The normalized spacial score (nSPS) is 28.4. The molecule has 8 rings (SSSR count). The predicted molar refractivity (Wildman–Crippen MR) is 188 cm³/mol. The summed E-state index contributed by atoms with van der Waals surface area (Å²) >= 11 is 0. The first-order valence-electron chi connectivity index (χ1n) is 19.0. The van der Waals surface area contributed by atoms with Crippen molar-refractivity contribution in [1.29, 1.82) is 0 Å². The Morgan fingerprint density at radius 3 is 2.54 bits per heavy atom. The first kappa shape index (κ1) is 33.8. The summed E-state index contributed by atoms with van der Waals surface area (Å²) in [5.41, 5.74) is 4.34. The number of benzene rings is 2. The quantitative estimate of drug-likeness (QED) is 0.209. The van der Waals surface area contributed by atoms with Crippen molar-refractivity contribution in [1.82, 2.24) is 9.88 Å². The Morgan fingerprint density at radius 2 is 1.70 bits per heavy atom. The lowest BCUT2D eigenvalue weighted by Gasteiger charge is -2.44. The zero-order valence-electron chi connectivity index (χ0n) is 29.0. The van der Waals surface area contributed by atoms with Gasteiger partial charge in [-0.2, -0.15) is 13.2 Å². The van der Waals surface area contributed by atoms with Crippen molar-refractivity contribution >= 4 is 5.69 Å². The fourth-order valence-corrected chi connectivity index (χ4v) is 9.83. The van der Waals surface area contributed by atoms with E-state index in [4.69, 9.17) is 14.2 Å². The molecule has 2 aliphatic heterocycles. The molecule has 6 atom stereocenters. The third-order valence-corrected chi connectivity index (χ3v) is 12.3. The van der Waals surface area contributed by atoms with Gasteiger partial charge in [-0.15, -0.1) is 0 Å². The maximum Gasteiger partial charge on any atom is 0.433 e. The molecule has 3 aliphatic carbocycles. The third-order valence-electron chi connectivity index (χ3n) is 12.3. The van der Waals surface area contributed by atoms with Crippen molar-refractivity contribution in [3.05, 3.63) is 83.0 Å². The van der Waals surface area contributed by atoms with E-state index in [-0.39, 0.29) is 12.0 Å². The number of hydrogen-bond donors (Lipinski definition) is 0. The van der Waals surface area contributed by atoms with Crippen LogP contribution in [0.25, 0.3) is 0 Å². The minimum atomic E-state index is -4.52. The molecule has 0 radical (unpaired) electrons. The lowest BCUT2D eigenvalue weighted by atomic mass is 9.61. The van der Waals surface area contributed by atoms with Crippen LogP contribution in [0.5, 0.6) is 11.6 Å². The van der Waals surface area contributed by atoms with Crippen molar-refractivity contribution < 1.29 is 27.4 Å². The number of hydrogen-bond acceptors (Lipinski definition) is 6. The highest BCUT2D eigenvalue weighted by molar-refractivity contribution is 5.48. The lowest BCUT2D eigenvalue weighted by molar-refractivity contribution is -0.141. The number of anilines is 1. The Kier molecular flexibility index (Phi) is 9.97. The Morgan fingerprint density at radius 1 is 0.840 bits per heavy atom. The summed E-state index contributed by atoms with van der Waals surface area (Å²) in [7, 11) is 0. The SMILES string of the molecule is FC(F)(F)c1cccc(OC2CCCOC2c2ccc(N3CCN(CCCOc4ccc5c(c4)CCC4C5CCC5CCCC54)CC3)cc2)n1. The second kappa shape index (κ2) is 14.7. The first-order valence-corrected chi connectivity index (χ1v) is 19.0. The van der Waals surface area contributed by atoms with Gasteiger partial charge in [-0.1, -0.05) is 37.1 Å². The van der Waals surface area contributed by atoms with Gasteiger partial charge in [-0.05, 0) is 122 Å². The lowest BCUT2D eigenvalue weighted by Crippen LogP contribution is -2.46. The van der Waals surface area contributed by atoms with Crippen molar-refractivity contribution in [2.45, 2.75) is 88.5 Å². The van der Waals surface area contributed by atoms with Gasteiger partial charge < -0.3 is 19.1 Å². The topological polar surface area (TPSA) is 47.1 Å². The number of aromatic nitrogens is 1. The van der Waals surface area contributed by atoms with Gasteiger partial charge in [0.15, 0.2) is 0 Å². The molecule has 9 heteroatoms. The molecule has 1 aromatic heterocycles. The maximum atomic E-state index is 13.2. The van der Waals surface area contributed by atoms with Gasteiger partial charge in [0, 0.05) is 51.1 Å². The Bertz CT molecular complexity index is 1590. The van der Waals surface area contributed by atoms with Crippen LogP contribution >= 0.6 is 0 Å². The monoisotopic (exact) mass is 689 g/mol. The van der Waals surface area contributed by atoms with Gasteiger partial charge in [-0.25, -0.2) is 4.98 Å². The molecular formula is C41H50F3N3O3. The molecule has 6 nitrogen and oxygen atoms in total. The van der Waals surface area contributed by atoms with Gasteiger partial charge in [0.25, 0.3) is 0 Å². The number of nitrogens with zero attached hydrogens (tertiary/aromatic N) is 3. The standard InChI is InChI=1S/C41H50F3N3O3/c42-41(43,44)38-8-2-9-39(45-38)50-37-7-3-25-49-40(37)29-10-14-31(15-11-29)47-23-21-46(22-24-47)20-4-26-48-32-16-19-34-30(27-32)13-18-35-33-6-1-5-28(33)12-17-36(34)35/h2,8-11,14-16,19,27-28,33,35-37,40H,1,3-7,12-13,17-18,20-26H2. The first-order chi connectivity index (χ1) is 24.4. The van der Waals surface area contributed by atoms with E-state index in [9.17, 15) is 13.2 Å². The molecule has 0 amide bonds. The minimum absolute atomic E-state index is 0.0290. The summed E-state index contributed by atoms with van der Waals surface area (Å²) in [6.45, 7) is 6.31. The number of aryl methyl sites for hydroxylation is 1. The molecular weight excluding hydrogens is 639 g/mol. The van der Waals surface area contributed by atoms with E-state index in [2.05, 4.69) is 57.2 Å². The van der Waals surface area contributed by atoms with Gasteiger partial charge >= 0.3 is 6.18 Å². The summed E-state index contributed by atoms with van der Waals surface area (Å²) in [5, 5.41) is 0. The predicted octanol–water partition coefficient (Wildman–Crippen LogP) is 8.85. The molecule has 2 saturated carbocycles. The van der Waals surface area contributed by atoms with Crippen molar-refractivity contribution in [3.8, 4) is 11.6 Å². The summed E-state index contributed by atoms with van der Waals surface area (Å²) < 4.78 is 57.9. The average Bonchev–Trinajstić information content (AvgIpc) is 3.63. The van der Waals surface area contributed by atoms with E-state index in [0.717, 1.165) is 93.2 Å². The third kappa shape index (κ3) is 7.36. The van der Waals surface area contributed by atoms with Crippen LogP contribution < -0.4 is 14.4 Å². The average molecular weight is 690 g/mol. The van der Waals surface area contributed by atoms with Gasteiger partial charge in [0.2, 0.25) is 5.88 Å². The van der Waals surface area contributed by atoms with Crippen molar-refractivity contribution in [3.63, 3.8) is 0 Å². The van der Waals surface area contributed by atoms with Crippen LogP contribution in [0, 0.1) is 17.8 Å². The molecule has 50 heavy (non-hydrogen) atoms. The number of rotatable bonds is 9. The maximum absolute atomic E-state index is 13.2. The van der Waals surface area contributed by atoms with Crippen LogP contribution in [-0.4, -0.2) is 61.9 Å². The number of ether oxygens (including phenoxy) is 3. The largest absolute Gasteiger partial charge is 0.494 e. The zero-order chi connectivity index (χ0) is 34.1. The molecule has 2 aromatic carbocycles. The van der Waals surface area contributed by atoms with E-state index < -0.39 is 18.0 Å². The Balaban J connectivity index is 0.785. The fraction of sp³-hybridized carbons (Fsp3) is 0.585. The number of piperazine rings is 1. The fourth-order valence-electron chi connectivity index (χ4n) is 9.83. The number of halogens is 3. The van der Waals surface area contributed by atoms with E-state index in [0.29, 0.717) is 13.0 Å². The minimum Gasteiger partial charge on any atom is -0.494 e. The van der Waals surface area contributed by atoms with E-state index >= 15 is 0 Å². The van der Waals surface area contributed by atoms with E-state index in [1.54, 1.807) is 5.56 Å². The van der Waals surface area contributed by atoms with E-state index in [1.165, 1.54) is 68.3 Å². The highest BCUT2D eigenvalue weighted by Gasteiger charge is 2.44. The van der Waals surface area contributed by atoms with Crippen LogP contribution in [0.15, 0.2) is 60.7 Å². The molecule has 268 valence electrons. The van der Waals surface area contributed by atoms with Crippen molar-refractivity contribution in [2.24, 2.45) is 17.8 Å². The summed E-state index contributed by atoms with van der Waals surface area (Å²) in [6.07, 6.45) is 7.00. The summed E-state index contributed by atoms with van der Waals surface area (Å²) in [6, 6.07) is 19.1. The molecule has 0 bridgehead atoms. The molecule has 3 aromatic rings. The van der Waals surface area contributed by atoms with Crippen LogP contribution in [-0.2, 0) is 17.3 Å². The van der Waals surface area contributed by atoms with Gasteiger partial charge in [0.1, 0.15) is 23.7 Å². The smallest absolute Gasteiger partial charge is 0.433 e. The second-order valence-corrected chi connectivity index (χ2v) is 15.2. The highest BCUT2D eigenvalue weighted by atomic mass is 19.4. The number of alkyl halides is 3. The molecule has 4 fully saturated rings. The van der Waals surface area contributed by atoms with Gasteiger partial charge in [0.05, 0.1) is 6.61 Å². The Hall–Kier alpha value is -3.30.